The molecule has 0 bridgehead atoms. The van der Waals surface area contributed by atoms with Crippen molar-refractivity contribution in [1.29, 1.82) is 0 Å². The number of amides is 1. The zero-order chi connectivity index (χ0) is 29.1. The number of fused-ring (bicyclic) bond motifs is 2. The monoisotopic (exact) mass is 630 g/mol. The quantitative estimate of drug-likeness (QED) is 0.229. The maximum Gasteiger partial charge on any atom is 0.264 e. The molecule has 42 heavy (non-hydrogen) atoms. The maximum atomic E-state index is 13.9. The van der Waals surface area contributed by atoms with Crippen molar-refractivity contribution in [1.82, 2.24) is 9.88 Å². The number of aryl methyl sites for hydroxylation is 1. The molecule has 9 nitrogen and oxygen atoms in total. The van der Waals surface area contributed by atoms with Gasteiger partial charge in [0.05, 0.1) is 24.8 Å². The number of para-hydroxylation sites is 1. The van der Waals surface area contributed by atoms with Crippen LogP contribution in [0.15, 0.2) is 65.6 Å². The van der Waals surface area contributed by atoms with Crippen LogP contribution in [0.25, 0.3) is 10.2 Å². The van der Waals surface area contributed by atoms with Crippen LogP contribution in [0.5, 0.6) is 11.5 Å². The van der Waals surface area contributed by atoms with Crippen LogP contribution < -0.4 is 18.7 Å². The van der Waals surface area contributed by atoms with E-state index in [1.165, 1.54) is 27.8 Å². The largest absolute Gasteiger partial charge is 0.495 e. The first-order valence-electron chi connectivity index (χ1n) is 13.4. The summed E-state index contributed by atoms with van der Waals surface area (Å²) in [5, 5.41) is 0.521. The van der Waals surface area contributed by atoms with Crippen molar-refractivity contribution in [2.24, 2.45) is 0 Å². The van der Waals surface area contributed by atoms with E-state index in [4.69, 9.17) is 14.5 Å². The van der Waals surface area contributed by atoms with Gasteiger partial charge in [-0.15, -0.1) is 12.4 Å². The Balaban J connectivity index is 0.00000405. The van der Waals surface area contributed by atoms with Crippen LogP contribution in [0.4, 0.5) is 10.8 Å². The first-order valence-corrected chi connectivity index (χ1v) is 15.7. The second-order valence-corrected chi connectivity index (χ2v) is 12.9. The molecule has 4 aromatic rings. The summed E-state index contributed by atoms with van der Waals surface area (Å²) in [5.41, 5.74) is 2.74. The highest BCUT2D eigenvalue weighted by Crippen LogP contribution is 2.40. The van der Waals surface area contributed by atoms with E-state index >= 15 is 0 Å². The van der Waals surface area contributed by atoms with Gasteiger partial charge in [-0.25, -0.2) is 13.4 Å². The van der Waals surface area contributed by atoms with Gasteiger partial charge in [-0.3, -0.25) is 14.0 Å². The number of carbonyl (C=O) groups is 1. The van der Waals surface area contributed by atoms with E-state index in [1.807, 2.05) is 44.4 Å². The molecule has 0 saturated heterocycles. The van der Waals surface area contributed by atoms with E-state index in [-0.39, 0.29) is 23.2 Å². The van der Waals surface area contributed by atoms with E-state index in [9.17, 15) is 13.2 Å². The third-order valence-corrected chi connectivity index (χ3v) is 10.0. The summed E-state index contributed by atoms with van der Waals surface area (Å²) < 4.78 is 40.5. The Morgan fingerprint density at radius 2 is 1.67 bits per heavy atom. The van der Waals surface area contributed by atoms with Gasteiger partial charge in [-0.2, -0.15) is 0 Å². The number of benzene rings is 3. The van der Waals surface area contributed by atoms with Crippen molar-refractivity contribution in [3.8, 4) is 11.5 Å². The van der Waals surface area contributed by atoms with Crippen LogP contribution in [-0.2, 0) is 16.4 Å². The molecule has 0 aliphatic carbocycles. The topological polar surface area (TPSA) is 92.3 Å². The highest BCUT2D eigenvalue weighted by Gasteiger charge is 2.30. The highest BCUT2D eigenvalue weighted by atomic mass is 35.5. The standard InChI is InChI=1S/C30H34N4O5S2.ClH/c1-32(2)18-8-19-33(30-31-27-25(38-3)16-17-26(39-4)28(27)40-30)29(35)22-12-14-23(15-13-22)41(36,37)34-20-7-10-21-9-5-6-11-24(21)34;/h5-6,9,11-17H,7-8,10,18-20H2,1-4H3;1H. The maximum absolute atomic E-state index is 13.9. The Morgan fingerprint density at radius 1 is 0.976 bits per heavy atom. The molecule has 1 aliphatic rings. The van der Waals surface area contributed by atoms with Crippen LogP contribution in [0.2, 0.25) is 0 Å². The van der Waals surface area contributed by atoms with Gasteiger partial charge >= 0.3 is 0 Å². The molecular weight excluding hydrogens is 596 g/mol. The molecule has 224 valence electrons. The fraction of sp³-hybridized carbons (Fsp3) is 0.333. The molecule has 1 amide bonds. The van der Waals surface area contributed by atoms with Crippen molar-refractivity contribution >= 4 is 60.7 Å². The number of halogens is 1. The Morgan fingerprint density at radius 3 is 2.36 bits per heavy atom. The molecule has 1 aromatic heterocycles. The summed E-state index contributed by atoms with van der Waals surface area (Å²) in [6.07, 6.45) is 2.33. The van der Waals surface area contributed by atoms with E-state index in [0.29, 0.717) is 46.5 Å². The number of aromatic nitrogens is 1. The summed E-state index contributed by atoms with van der Waals surface area (Å²) in [7, 11) is 3.37. The third kappa shape index (κ3) is 6.19. The van der Waals surface area contributed by atoms with Crippen LogP contribution in [0.1, 0.15) is 28.8 Å². The molecule has 0 atom stereocenters. The number of anilines is 2. The van der Waals surface area contributed by atoms with Gasteiger partial charge in [0.2, 0.25) is 0 Å². The average molecular weight is 631 g/mol. The van der Waals surface area contributed by atoms with Crippen LogP contribution in [0.3, 0.4) is 0 Å². The number of ether oxygens (including phenoxy) is 2. The molecule has 2 heterocycles. The lowest BCUT2D eigenvalue weighted by molar-refractivity contribution is 0.0986. The number of rotatable bonds is 10. The minimum absolute atomic E-state index is 0. The third-order valence-electron chi connectivity index (χ3n) is 7.12. The fourth-order valence-corrected chi connectivity index (χ4v) is 7.66. The van der Waals surface area contributed by atoms with Crippen LogP contribution >= 0.6 is 23.7 Å². The molecule has 0 radical (unpaired) electrons. The van der Waals surface area contributed by atoms with Gasteiger partial charge in [-0.1, -0.05) is 29.5 Å². The number of carbonyl (C=O) groups excluding carboxylic acids is 1. The van der Waals surface area contributed by atoms with E-state index in [0.717, 1.165) is 36.1 Å². The lowest BCUT2D eigenvalue weighted by Gasteiger charge is -2.30. The first-order chi connectivity index (χ1) is 19.7. The van der Waals surface area contributed by atoms with Gasteiger partial charge in [0.15, 0.2) is 5.13 Å². The van der Waals surface area contributed by atoms with Gasteiger partial charge < -0.3 is 14.4 Å². The Hall–Kier alpha value is -3.38. The minimum Gasteiger partial charge on any atom is -0.495 e. The summed E-state index contributed by atoms with van der Waals surface area (Å²) in [5.74, 6) is 0.991. The molecule has 12 heteroatoms. The Bertz CT molecular complexity index is 1620. The normalized spacial score (nSPS) is 13.0. The zero-order valence-corrected chi connectivity index (χ0v) is 26.5. The lowest BCUT2D eigenvalue weighted by Crippen LogP contribution is -2.35. The number of thiazole rings is 1. The summed E-state index contributed by atoms with van der Waals surface area (Å²) in [6.45, 7) is 1.64. The van der Waals surface area contributed by atoms with Crippen LogP contribution in [0, 0.1) is 0 Å². The molecule has 0 spiro atoms. The van der Waals surface area contributed by atoms with Crippen molar-refractivity contribution in [2.75, 3.05) is 57.2 Å². The summed E-state index contributed by atoms with van der Waals surface area (Å²) in [4.78, 5) is 22.5. The smallest absolute Gasteiger partial charge is 0.264 e. The van der Waals surface area contributed by atoms with Crippen molar-refractivity contribution in [3.05, 3.63) is 71.8 Å². The highest BCUT2D eigenvalue weighted by molar-refractivity contribution is 7.92. The fourth-order valence-electron chi connectivity index (χ4n) is 5.02. The molecule has 0 saturated carbocycles. The molecule has 0 unspecified atom stereocenters. The molecule has 1 aliphatic heterocycles. The predicted octanol–water partition coefficient (Wildman–Crippen LogP) is 5.48. The minimum atomic E-state index is -3.78. The number of hydrogen-bond donors (Lipinski definition) is 0. The van der Waals surface area contributed by atoms with Gasteiger partial charge in [0.25, 0.3) is 15.9 Å². The predicted molar refractivity (Wildman–Crippen MR) is 171 cm³/mol. The first kappa shape index (κ1) is 31.6. The molecule has 0 fully saturated rings. The Kier molecular flexibility index (Phi) is 9.98. The van der Waals surface area contributed by atoms with Crippen molar-refractivity contribution < 1.29 is 22.7 Å². The van der Waals surface area contributed by atoms with Gasteiger partial charge in [0.1, 0.15) is 21.7 Å². The number of methoxy groups -OCH3 is 2. The van der Waals surface area contributed by atoms with Crippen molar-refractivity contribution in [2.45, 2.75) is 24.2 Å². The van der Waals surface area contributed by atoms with E-state index < -0.39 is 10.0 Å². The van der Waals surface area contributed by atoms with Crippen LogP contribution in [-0.4, -0.2) is 72.2 Å². The number of sulfonamides is 1. The van der Waals surface area contributed by atoms with Gasteiger partial charge in [-0.05, 0) is 87.9 Å². The average Bonchev–Trinajstić information content (AvgIpc) is 3.43. The molecule has 5 rings (SSSR count). The summed E-state index contributed by atoms with van der Waals surface area (Å²) in [6, 6.07) is 17.4. The van der Waals surface area contributed by atoms with Crippen molar-refractivity contribution in [3.63, 3.8) is 0 Å². The molecular formula is C30H35ClN4O5S2. The number of nitrogens with zero attached hydrogens (tertiary/aromatic N) is 4. The lowest BCUT2D eigenvalue weighted by atomic mass is 10.0. The van der Waals surface area contributed by atoms with E-state index in [1.54, 1.807) is 37.3 Å². The van der Waals surface area contributed by atoms with E-state index in [2.05, 4.69) is 4.90 Å². The Labute approximate surface area is 257 Å². The molecule has 3 aromatic carbocycles. The number of hydrogen-bond acceptors (Lipinski definition) is 8. The summed E-state index contributed by atoms with van der Waals surface area (Å²) >= 11 is 1.36. The second kappa shape index (κ2) is 13.3. The SMILES string of the molecule is COc1ccc(OC)c2sc(N(CCCN(C)C)C(=O)c3ccc(S(=O)(=O)N4CCCc5ccccc54)cc3)nc12.Cl. The van der Waals surface area contributed by atoms with Gasteiger partial charge in [0, 0.05) is 18.7 Å². The zero-order valence-electron chi connectivity index (χ0n) is 24.1. The molecule has 0 N–H and O–H groups in total. The second-order valence-electron chi connectivity index (χ2n) is 10.1.